The van der Waals surface area contributed by atoms with Crippen LogP contribution < -0.4 is 0 Å². The van der Waals surface area contributed by atoms with Gasteiger partial charge in [0, 0.05) is 19.3 Å². The van der Waals surface area contributed by atoms with Crippen LogP contribution in [-0.2, 0) is 28.6 Å². The number of hydrogen-bond acceptors (Lipinski definition) is 6. The zero-order chi connectivity index (χ0) is 53.6. The number of carbonyl (C=O) groups excluding carboxylic acids is 3. The molecule has 0 saturated carbocycles. The summed E-state index contributed by atoms with van der Waals surface area (Å²) in [6.07, 6.45) is 78.5. The van der Waals surface area contributed by atoms with Gasteiger partial charge >= 0.3 is 17.9 Å². The number of hydrogen-bond donors (Lipinski definition) is 0. The fourth-order valence-corrected chi connectivity index (χ4v) is 9.63. The van der Waals surface area contributed by atoms with E-state index in [2.05, 4.69) is 69.4 Å². The summed E-state index contributed by atoms with van der Waals surface area (Å²) in [4.78, 5) is 38.3. The molecule has 432 valence electrons. The number of carbonyl (C=O) groups is 3. The Morgan fingerprint density at radius 1 is 0.270 bits per heavy atom. The predicted octanol–water partition coefficient (Wildman–Crippen LogP) is 22.2. The van der Waals surface area contributed by atoms with Gasteiger partial charge in [0.25, 0.3) is 0 Å². The first-order chi connectivity index (χ1) is 36.5. The summed E-state index contributed by atoms with van der Waals surface area (Å²) in [5, 5.41) is 0. The highest BCUT2D eigenvalue weighted by molar-refractivity contribution is 5.71. The van der Waals surface area contributed by atoms with E-state index in [0.717, 1.165) is 109 Å². The molecule has 0 spiro atoms. The summed E-state index contributed by atoms with van der Waals surface area (Å²) in [6, 6.07) is 0. The van der Waals surface area contributed by atoms with Crippen LogP contribution in [0.15, 0.2) is 48.6 Å². The van der Waals surface area contributed by atoms with Crippen molar-refractivity contribution in [2.45, 2.75) is 354 Å². The summed E-state index contributed by atoms with van der Waals surface area (Å²) < 4.78 is 16.9. The van der Waals surface area contributed by atoms with Crippen molar-refractivity contribution in [1.82, 2.24) is 0 Å². The first-order valence-electron chi connectivity index (χ1n) is 32.6. The van der Waals surface area contributed by atoms with E-state index in [1.54, 1.807) is 0 Å². The van der Waals surface area contributed by atoms with E-state index in [4.69, 9.17) is 14.2 Å². The van der Waals surface area contributed by atoms with E-state index >= 15 is 0 Å². The van der Waals surface area contributed by atoms with Crippen LogP contribution in [0.3, 0.4) is 0 Å². The quantitative estimate of drug-likeness (QED) is 0.0261. The lowest BCUT2D eigenvalue weighted by Gasteiger charge is -2.18. The molecule has 6 heteroatoms. The van der Waals surface area contributed by atoms with Crippen LogP contribution in [-0.4, -0.2) is 37.2 Å². The van der Waals surface area contributed by atoms with E-state index in [1.807, 2.05) is 0 Å². The average molecular weight is 1040 g/mol. The summed E-state index contributed by atoms with van der Waals surface area (Å²) in [6.45, 7) is 6.59. The smallest absolute Gasteiger partial charge is 0.306 e. The molecule has 0 aromatic rings. The van der Waals surface area contributed by atoms with Gasteiger partial charge in [-0.1, -0.05) is 301 Å². The number of allylic oxidation sites excluding steroid dienone is 8. The second-order valence-electron chi connectivity index (χ2n) is 22.0. The van der Waals surface area contributed by atoms with Crippen molar-refractivity contribution in [1.29, 1.82) is 0 Å². The van der Waals surface area contributed by atoms with Gasteiger partial charge < -0.3 is 14.2 Å². The van der Waals surface area contributed by atoms with Gasteiger partial charge in [-0.2, -0.15) is 0 Å². The Balaban J connectivity index is 4.21. The molecule has 0 heterocycles. The molecule has 0 fully saturated rings. The lowest BCUT2D eigenvalue weighted by molar-refractivity contribution is -0.167. The maximum absolute atomic E-state index is 12.9. The number of ether oxygens (including phenoxy) is 3. The second kappa shape index (κ2) is 62.9. The van der Waals surface area contributed by atoms with Crippen LogP contribution in [0.5, 0.6) is 0 Å². The molecule has 6 nitrogen and oxygen atoms in total. The Morgan fingerprint density at radius 2 is 0.514 bits per heavy atom. The highest BCUT2D eigenvalue weighted by Crippen LogP contribution is 2.18. The van der Waals surface area contributed by atoms with Gasteiger partial charge in [-0.3, -0.25) is 14.4 Å². The van der Waals surface area contributed by atoms with E-state index in [-0.39, 0.29) is 31.1 Å². The summed E-state index contributed by atoms with van der Waals surface area (Å²) in [5.41, 5.74) is 0. The van der Waals surface area contributed by atoms with Crippen molar-refractivity contribution in [2.24, 2.45) is 0 Å². The van der Waals surface area contributed by atoms with Crippen molar-refractivity contribution in [3.63, 3.8) is 0 Å². The second-order valence-corrected chi connectivity index (χ2v) is 22.0. The largest absolute Gasteiger partial charge is 0.462 e. The molecule has 74 heavy (non-hydrogen) atoms. The minimum atomic E-state index is -0.785. The molecular weight excluding hydrogens is 913 g/mol. The summed E-state index contributed by atoms with van der Waals surface area (Å²) >= 11 is 0. The van der Waals surface area contributed by atoms with Crippen LogP contribution in [0.2, 0.25) is 0 Å². The van der Waals surface area contributed by atoms with Gasteiger partial charge in [0.15, 0.2) is 6.10 Å². The zero-order valence-electron chi connectivity index (χ0n) is 49.6. The van der Waals surface area contributed by atoms with E-state index < -0.39 is 6.10 Å². The molecule has 0 aromatic carbocycles. The van der Waals surface area contributed by atoms with Crippen molar-refractivity contribution >= 4 is 17.9 Å². The maximum Gasteiger partial charge on any atom is 0.306 e. The summed E-state index contributed by atoms with van der Waals surface area (Å²) in [5.74, 6) is -0.890. The van der Waals surface area contributed by atoms with Crippen molar-refractivity contribution in [3.8, 4) is 0 Å². The Bertz CT molecular complexity index is 1280. The molecule has 0 amide bonds. The molecule has 0 aliphatic rings. The minimum absolute atomic E-state index is 0.0803. The van der Waals surface area contributed by atoms with E-state index in [0.29, 0.717) is 19.3 Å². The van der Waals surface area contributed by atoms with Crippen molar-refractivity contribution in [2.75, 3.05) is 13.2 Å². The molecule has 0 aromatic heterocycles. The van der Waals surface area contributed by atoms with E-state index in [9.17, 15) is 14.4 Å². The highest BCUT2D eigenvalue weighted by atomic mass is 16.6. The minimum Gasteiger partial charge on any atom is -0.462 e. The Morgan fingerprint density at radius 3 is 0.811 bits per heavy atom. The summed E-state index contributed by atoms with van der Waals surface area (Å²) in [7, 11) is 0. The standard InChI is InChI=1S/C68H124O6/c1-4-7-10-13-16-19-22-25-27-29-30-31-32-33-34-35-36-37-38-39-41-43-46-49-52-55-58-61-67(70)73-64-65(63-72-66(69)60-57-54-51-48-45-42-24-21-18-15-12-9-6-3)74-68(71)62-59-56-53-50-47-44-40-28-26-23-20-17-14-11-8-5-2/h12,15,20-21,23-24,28,40,65H,4-11,13-14,16-19,22,25-27,29-39,41-64H2,1-3H3/b15-12-,23-20-,24-21-,40-28-. The topological polar surface area (TPSA) is 78.9 Å². The van der Waals surface area contributed by atoms with Gasteiger partial charge in [0.05, 0.1) is 0 Å². The normalized spacial score (nSPS) is 12.3. The van der Waals surface area contributed by atoms with Gasteiger partial charge in [-0.15, -0.1) is 0 Å². The molecule has 0 saturated heterocycles. The third-order valence-electron chi connectivity index (χ3n) is 14.5. The van der Waals surface area contributed by atoms with Crippen molar-refractivity contribution in [3.05, 3.63) is 48.6 Å². The highest BCUT2D eigenvalue weighted by Gasteiger charge is 2.19. The van der Waals surface area contributed by atoms with Gasteiger partial charge in [-0.25, -0.2) is 0 Å². The lowest BCUT2D eigenvalue weighted by Crippen LogP contribution is -2.30. The SMILES string of the molecule is CCC/C=C\C/C=C\CCCCCCCC(=O)OCC(COC(=O)CCCCCCCCCCCCCCCCCCCCCCCCCCCCC)OC(=O)CCCCCCC/C=C\C/C=C\CCCCCC. The van der Waals surface area contributed by atoms with Crippen LogP contribution in [0, 0.1) is 0 Å². The number of esters is 3. The molecule has 0 radical (unpaired) electrons. The molecule has 1 atom stereocenters. The Labute approximate surface area is 460 Å². The molecule has 0 bridgehead atoms. The molecular formula is C68H124O6. The molecule has 0 N–H and O–H groups in total. The number of unbranched alkanes of at least 4 members (excludes halogenated alkanes) is 41. The molecule has 0 aliphatic heterocycles. The monoisotopic (exact) mass is 1040 g/mol. The molecule has 0 rings (SSSR count). The van der Waals surface area contributed by atoms with Gasteiger partial charge in [0.1, 0.15) is 13.2 Å². The maximum atomic E-state index is 12.9. The first kappa shape index (κ1) is 71.4. The average Bonchev–Trinajstić information content (AvgIpc) is 3.40. The zero-order valence-corrected chi connectivity index (χ0v) is 49.6. The lowest BCUT2D eigenvalue weighted by atomic mass is 10.0. The molecule has 0 aliphatic carbocycles. The Hall–Kier alpha value is -2.63. The fourth-order valence-electron chi connectivity index (χ4n) is 9.63. The van der Waals surface area contributed by atoms with Crippen molar-refractivity contribution < 1.29 is 28.6 Å². The fraction of sp³-hybridized carbons (Fsp3) is 0.838. The van der Waals surface area contributed by atoms with Gasteiger partial charge in [-0.05, 0) is 77.0 Å². The molecule has 1 unspecified atom stereocenters. The van der Waals surface area contributed by atoms with Crippen LogP contribution in [0.1, 0.15) is 348 Å². The third-order valence-corrected chi connectivity index (χ3v) is 14.5. The van der Waals surface area contributed by atoms with Crippen LogP contribution >= 0.6 is 0 Å². The van der Waals surface area contributed by atoms with Crippen LogP contribution in [0.25, 0.3) is 0 Å². The number of rotatable bonds is 60. The van der Waals surface area contributed by atoms with Crippen LogP contribution in [0.4, 0.5) is 0 Å². The van der Waals surface area contributed by atoms with E-state index in [1.165, 1.54) is 199 Å². The third kappa shape index (κ3) is 60.2. The first-order valence-corrected chi connectivity index (χ1v) is 32.6. The Kier molecular flexibility index (Phi) is 60.7. The predicted molar refractivity (Wildman–Crippen MR) is 321 cm³/mol. The van der Waals surface area contributed by atoms with Gasteiger partial charge in [0.2, 0.25) is 0 Å².